The minimum absolute atomic E-state index is 0.0247. The van der Waals surface area contributed by atoms with E-state index in [9.17, 15) is 23.2 Å². The number of halogens is 3. The van der Waals surface area contributed by atoms with E-state index >= 15 is 0 Å². The molecule has 1 unspecified atom stereocenters. The molecule has 1 saturated heterocycles. The Morgan fingerprint density at radius 2 is 1.93 bits per heavy atom. The van der Waals surface area contributed by atoms with Gasteiger partial charge in [0.2, 0.25) is 5.91 Å². The van der Waals surface area contributed by atoms with E-state index in [1.54, 1.807) is 12.1 Å². The highest BCUT2D eigenvalue weighted by Crippen LogP contribution is 2.42. The number of morpholine rings is 1. The number of anilines is 2. The number of benzene rings is 1. The Bertz CT molecular complexity index is 1240. The van der Waals surface area contributed by atoms with Crippen LogP contribution in [0, 0.1) is 11.8 Å². The fourth-order valence-corrected chi connectivity index (χ4v) is 6.06. The van der Waals surface area contributed by atoms with Crippen molar-refractivity contribution in [3.63, 3.8) is 0 Å². The molecule has 2 heterocycles. The van der Waals surface area contributed by atoms with Gasteiger partial charge in [0.25, 0.3) is 11.8 Å². The number of nitrogens with zero attached hydrogens (tertiary/aromatic N) is 1. The summed E-state index contributed by atoms with van der Waals surface area (Å²) >= 11 is 7.11. The van der Waals surface area contributed by atoms with Crippen LogP contribution in [0.15, 0.2) is 30.3 Å². The lowest BCUT2D eigenvalue weighted by molar-refractivity contribution is -0.125. The van der Waals surface area contributed by atoms with Crippen molar-refractivity contribution in [3.05, 3.63) is 39.5 Å². The second-order valence-electron chi connectivity index (χ2n) is 10.2. The molecule has 0 bridgehead atoms. The number of amides is 3. The first kappa shape index (κ1) is 28.7. The van der Waals surface area contributed by atoms with Crippen LogP contribution in [-0.2, 0) is 14.3 Å². The van der Waals surface area contributed by atoms with E-state index in [1.807, 2.05) is 0 Å². The Morgan fingerprint density at radius 1 is 1.15 bits per heavy atom. The van der Waals surface area contributed by atoms with E-state index in [4.69, 9.17) is 21.1 Å². The van der Waals surface area contributed by atoms with Gasteiger partial charge >= 0.3 is 6.61 Å². The fourth-order valence-electron chi connectivity index (χ4n) is 5.10. The molecule has 9 nitrogen and oxygen atoms in total. The molecule has 3 N–H and O–H groups in total. The molecule has 2 aliphatic carbocycles. The summed E-state index contributed by atoms with van der Waals surface area (Å²) in [6.07, 6.45) is 5.54. The molecule has 216 valence electrons. The minimum atomic E-state index is -3.13. The molecule has 13 heteroatoms. The zero-order valence-electron chi connectivity index (χ0n) is 21.7. The summed E-state index contributed by atoms with van der Waals surface area (Å²) in [7, 11) is 0. The van der Waals surface area contributed by atoms with E-state index in [0.717, 1.165) is 43.4 Å². The second-order valence-corrected chi connectivity index (χ2v) is 12.0. The number of ether oxygens (including phenoxy) is 2. The van der Waals surface area contributed by atoms with Crippen LogP contribution in [0.1, 0.15) is 41.8 Å². The molecule has 1 aromatic heterocycles. The average molecular weight is 597 g/mol. The molecule has 1 aliphatic heterocycles. The Hall–Kier alpha value is -2.80. The predicted molar refractivity (Wildman–Crippen MR) is 147 cm³/mol. The van der Waals surface area contributed by atoms with Gasteiger partial charge in [-0.25, -0.2) is 0 Å². The topological polar surface area (TPSA) is 109 Å². The highest BCUT2D eigenvalue weighted by atomic mass is 35.5. The number of carbonyl (C=O) groups excluding carboxylic acids is 3. The van der Waals surface area contributed by atoms with Crippen LogP contribution >= 0.6 is 22.9 Å². The smallest absolute Gasteiger partial charge is 0.387 e. The van der Waals surface area contributed by atoms with Gasteiger partial charge in [0.1, 0.15) is 12.6 Å². The summed E-state index contributed by atoms with van der Waals surface area (Å²) in [5.74, 6) is -0.408. The van der Waals surface area contributed by atoms with Crippen molar-refractivity contribution in [1.29, 1.82) is 0 Å². The lowest BCUT2D eigenvalue weighted by atomic mass is 9.77. The molecule has 2 saturated carbocycles. The number of carbonyl (C=O) groups is 3. The fraction of sp³-hybridized carbons (Fsp3) is 0.519. The number of rotatable bonds is 12. The van der Waals surface area contributed by atoms with Gasteiger partial charge in [-0.2, -0.15) is 8.78 Å². The third kappa shape index (κ3) is 7.09. The maximum Gasteiger partial charge on any atom is 0.387 e. The van der Waals surface area contributed by atoms with E-state index in [0.29, 0.717) is 21.0 Å². The summed E-state index contributed by atoms with van der Waals surface area (Å²) in [6, 6.07) is 6.91. The van der Waals surface area contributed by atoms with Crippen LogP contribution in [0.25, 0.3) is 0 Å². The molecule has 0 radical (unpaired) electrons. The molecule has 2 aromatic rings. The molecular weight excluding hydrogens is 566 g/mol. The van der Waals surface area contributed by atoms with Gasteiger partial charge in [-0.1, -0.05) is 18.0 Å². The summed E-state index contributed by atoms with van der Waals surface area (Å²) < 4.78 is 36.8. The van der Waals surface area contributed by atoms with E-state index < -0.39 is 18.6 Å². The molecular formula is C27H31ClF2N4O5S. The minimum Gasteiger partial charge on any atom is -0.433 e. The molecule has 3 amide bonds. The molecule has 0 spiro atoms. The number of nitrogens with one attached hydrogen (secondary N) is 3. The predicted octanol–water partition coefficient (Wildman–Crippen LogP) is 4.27. The maximum absolute atomic E-state index is 13.5. The van der Waals surface area contributed by atoms with Crippen molar-refractivity contribution in [3.8, 4) is 5.75 Å². The first-order valence-electron chi connectivity index (χ1n) is 13.4. The average Bonchev–Trinajstić information content (AvgIpc) is 3.64. The molecule has 1 aromatic carbocycles. The van der Waals surface area contributed by atoms with Crippen LogP contribution in [0.2, 0.25) is 4.34 Å². The lowest BCUT2D eigenvalue weighted by Crippen LogP contribution is -2.55. The van der Waals surface area contributed by atoms with Gasteiger partial charge in [0.15, 0.2) is 5.75 Å². The van der Waals surface area contributed by atoms with Gasteiger partial charge in [0.05, 0.1) is 21.5 Å². The molecule has 40 heavy (non-hydrogen) atoms. The normalized spacial score (nSPS) is 19.2. The zero-order chi connectivity index (χ0) is 28.2. The Labute approximate surface area is 239 Å². The number of thiophene rings is 1. The Kier molecular flexibility index (Phi) is 9.19. The summed E-state index contributed by atoms with van der Waals surface area (Å²) in [5.41, 5.74) is 0.391. The largest absolute Gasteiger partial charge is 0.433 e. The van der Waals surface area contributed by atoms with Crippen LogP contribution in [-0.4, -0.2) is 62.7 Å². The summed E-state index contributed by atoms with van der Waals surface area (Å²) in [5, 5.41) is 9.10. The van der Waals surface area contributed by atoms with E-state index in [-0.39, 0.29) is 61.3 Å². The van der Waals surface area contributed by atoms with Gasteiger partial charge < -0.3 is 30.3 Å². The van der Waals surface area contributed by atoms with Gasteiger partial charge in [-0.05, 0) is 61.8 Å². The number of hydrogen-bond donors (Lipinski definition) is 3. The molecule has 2 atom stereocenters. The molecule has 5 rings (SSSR count). The van der Waals surface area contributed by atoms with Gasteiger partial charge in [0, 0.05) is 30.9 Å². The van der Waals surface area contributed by atoms with Gasteiger partial charge in [-0.3, -0.25) is 14.4 Å². The van der Waals surface area contributed by atoms with Crippen LogP contribution in [0.3, 0.4) is 0 Å². The standard InChI is InChI=1S/C27H31ClF2N4O5S/c28-22-9-8-21(40-22)26(37)31-13-18(33-24(16-4-5-16)15-2-1-3-15)25(36)32-17-6-7-19(20(12-17)39-27(29)30)34-10-11-38-14-23(34)35/h6-9,12,15-16,18,24,27,33H,1-5,10-11,13-14H2,(H,31,37)(H,32,36)/t18-,24?/m1/s1. The van der Waals surface area contributed by atoms with Crippen molar-refractivity contribution >= 4 is 52.0 Å². The third-order valence-corrected chi connectivity index (χ3v) is 8.71. The third-order valence-electron chi connectivity index (χ3n) is 7.48. The summed E-state index contributed by atoms with van der Waals surface area (Å²) in [4.78, 5) is 40.3. The number of hydrogen-bond acceptors (Lipinski definition) is 7. The van der Waals surface area contributed by atoms with Gasteiger partial charge in [-0.15, -0.1) is 11.3 Å². The Balaban J connectivity index is 1.33. The van der Waals surface area contributed by atoms with Crippen LogP contribution in [0.4, 0.5) is 20.2 Å². The van der Waals surface area contributed by atoms with Crippen molar-refractivity contribution in [1.82, 2.24) is 10.6 Å². The SMILES string of the molecule is O=C(NC[C@@H](NC(C1CCC1)C1CC1)C(=O)Nc1ccc(N2CCOCC2=O)c(OC(F)F)c1)c1ccc(Cl)s1. The van der Waals surface area contributed by atoms with Crippen LogP contribution in [0.5, 0.6) is 5.75 Å². The van der Waals surface area contributed by atoms with E-state index in [1.165, 1.54) is 23.1 Å². The summed E-state index contributed by atoms with van der Waals surface area (Å²) in [6.45, 7) is -2.81. The quantitative estimate of drug-likeness (QED) is 0.338. The molecule has 3 aliphatic rings. The van der Waals surface area contributed by atoms with Crippen molar-refractivity contribution < 1.29 is 32.6 Å². The highest BCUT2D eigenvalue weighted by molar-refractivity contribution is 7.18. The Morgan fingerprint density at radius 3 is 2.55 bits per heavy atom. The highest BCUT2D eigenvalue weighted by Gasteiger charge is 2.40. The first-order valence-corrected chi connectivity index (χ1v) is 14.6. The first-order chi connectivity index (χ1) is 19.3. The van der Waals surface area contributed by atoms with Crippen molar-refractivity contribution in [2.45, 2.75) is 50.8 Å². The molecule has 3 fully saturated rings. The van der Waals surface area contributed by atoms with Crippen LogP contribution < -0.4 is 25.6 Å². The maximum atomic E-state index is 13.5. The lowest BCUT2D eigenvalue weighted by Gasteiger charge is -2.37. The van der Waals surface area contributed by atoms with Crippen molar-refractivity contribution in [2.24, 2.45) is 11.8 Å². The van der Waals surface area contributed by atoms with Crippen molar-refractivity contribution in [2.75, 3.05) is 36.5 Å². The van der Waals surface area contributed by atoms with E-state index in [2.05, 4.69) is 16.0 Å². The second kappa shape index (κ2) is 12.8. The monoisotopic (exact) mass is 596 g/mol. The number of alkyl halides is 2. The zero-order valence-corrected chi connectivity index (χ0v) is 23.2.